The van der Waals surface area contributed by atoms with Crippen LogP contribution in [0.5, 0.6) is 0 Å². The van der Waals surface area contributed by atoms with Crippen LogP contribution in [0.3, 0.4) is 0 Å². The van der Waals surface area contributed by atoms with Crippen LogP contribution >= 0.6 is 23.4 Å². The molecule has 2 rings (SSSR count). The topological polar surface area (TPSA) is 49.4 Å². The molecular weight excluding hydrogens is 392 g/mol. The van der Waals surface area contributed by atoms with Crippen molar-refractivity contribution >= 4 is 35.2 Å². The van der Waals surface area contributed by atoms with E-state index in [0.29, 0.717) is 30.3 Å². The van der Waals surface area contributed by atoms with E-state index in [1.165, 1.54) is 5.56 Å². The van der Waals surface area contributed by atoms with Crippen molar-refractivity contribution < 1.29 is 9.59 Å². The van der Waals surface area contributed by atoms with Crippen molar-refractivity contribution in [3.05, 3.63) is 70.7 Å². The van der Waals surface area contributed by atoms with Crippen LogP contribution in [0.2, 0.25) is 5.02 Å². The summed E-state index contributed by atoms with van der Waals surface area (Å²) in [5.41, 5.74) is 2.13. The number of halogens is 1. The minimum atomic E-state index is -0.486. The van der Waals surface area contributed by atoms with Crippen molar-refractivity contribution in [1.82, 2.24) is 10.2 Å². The zero-order valence-corrected chi connectivity index (χ0v) is 17.9. The monoisotopic (exact) mass is 418 g/mol. The lowest BCUT2D eigenvalue weighted by molar-refractivity contribution is -0.139. The molecule has 2 aromatic carbocycles. The Morgan fingerprint density at radius 3 is 2.32 bits per heavy atom. The maximum absolute atomic E-state index is 13.0. The number of thioether (sulfide) groups is 1. The lowest BCUT2D eigenvalue weighted by atomic mass is 10.1. The smallest absolute Gasteiger partial charge is 0.242 e. The van der Waals surface area contributed by atoms with Gasteiger partial charge in [0.2, 0.25) is 11.8 Å². The fourth-order valence-electron chi connectivity index (χ4n) is 2.91. The van der Waals surface area contributed by atoms with E-state index >= 15 is 0 Å². The van der Waals surface area contributed by atoms with Gasteiger partial charge in [-0.25, -0.2) is 0 Å². The minimum Gasteiger partial charge on any atom is -0.355 e. The maximum atomic E-state index is 13.0. The van der Waals surface area contributed by atoms with Crippen LogP contribution in [0.4, 0.5) is 0 Å². The molecule has 0 aliphatic rings. The molecule has 2 aromatic rings. The summed E-state index contributed by atoms with van der Waals surface area (Å²) in [7, 11) is 0. The fraction of sp³-hybridized carbons (Fsp3) is 0.364. The van der Waals surface area contributed by atoms with Crippen LogP contribution in [0.15, 0.2) is 54.6 Å². The molecule has 0 spiro atoms. The standard InChI is InChI=1S/C22H27ClN2O2S/c1-3-20(22(27)24-4-2)25(14-17-10-12-19(23)13-11-17)21(26)16-28-15-18-8-6-5-7-9-18/h5-13,20H,3-4,14-16H2,1-2H3,(H,24,27)/t20-/m1/s1. The summed E-state index contributed by atoms with van der Waals surface area (Å²) in [5, 5.41) is 3.50. The Hall–Kier alpha value is -1.98. The lowest BCUT2D eigenvalue weighted by Crippen LogP contribution is -2.49. The number of carbonyl (C=O) groups excluding carboxylic acids is 2. The summed E-state index contributed by atoms with van der Waals surface area (Å²) in [4.78, 5) is 27.2. The number of hydrogen-bond acceptors (Lipinski definition) is 3. The SMILES string of the molecule is CCNC(=O)[C@@H](CC)N(Cc1ccc(Cl)cc1)C(=O)CSCc1ccccc1. The highest BCUT2D eigenvalue weighted by Gasteiger charge is 2.28. The molecule has 1 N–H and O–H groups in total. The largest absolute Gasteiger partial charge is 0.355 e. The number of carbonyl (C=O) groups is 2. The Morgan fingerprint density at radius 1 is 1.04 bits per heavy atom. The van der Waals surface area contributed by atoms with Crippen molar-refractivity contribution in [1.29, 1.82) is 0 Å². The van der Waals surface area contributed by atoms with Gasteiger partial charge in [-0.05, 0) is 36.6 Å². The fourth-order valence-corrected chi connectivity index (χ4v) is 3.91. The third-order valence-electron chi connectivity index (χ3n) is 4.34. The second kappa shape index (κ2) is 11.8. The molecule has 0 aliphatic carbocycles. The lowest BCUT2D eigenvalue weighted by Gasteiger charge is -2.30. The van der Waals surface area contributed by atoms with Crippen LogP contribution in [-0.4, -0.2) is 35.1 Å². The Morgan fingerprint density at radius 2 is 1.71 bits per heavy atom. The van der Waals surface area contributed by atoms with E-state index in [9.17, 15) is 9.59 Å². The molecule has 0 fully saturated rings. The van der Waals surface area contributed by atoms with E-state index in [2.05, 4.69) is 5.32 Å². The van der Waals surface area contributed by atoms with Crippen molar-refractivity contribution in [2.24, 2.45) is 0 Å². The molecule has 1 atom stereocenters. The van der Waals surface area contributed by atoms with Gasteiger partial charge in [0.25, 0.3) is 0 Å². The quantitative estimate of drug-likeness (QED) is 0.617. The Kier molecular flexibility index (Phi) is 9.38. The van der Waals surface area contributed by atoms with Crippen molar-refractivity contribution in [2.45, 2.75) is 38.6 Å². The summed E-state index contributed by atoms with van der Waals surface area (Å²) in [6, 6.07) is 17.0. The van der Waals surface area contributed by atoms with Crippen molar-refractivity contribution in [3.8, 4) is 0 Å². The number of hydrogen-bond donors (Lipinski definition) is 1. The Balaban J connectivity index is 2.09. The normalized spacial score (nSPS) is 11.7. The van der Waals surface area contributed by atoms with Gasteiger partial charge in [0.15, 0.2) is 0 Å². The van der Waals surface area contributed by atoms with Gasteiger partial charge < -0.3 is 10.2 Å². The first kappa shape index (κ1) is 22.3. The highest BCUT2D eigenvalue weighted by molar-refractivity contribution is 7.99. The molecule has 0 saturated carbocycles. The van der Waals surface area contributed by atoms with Gasteiger partial charge in [-0.15, -0.1) is 11.8 Å². The van der Waals surface area contributed by atoms with Crippen LogP contribution in [0.25, 0.3) is 0 Å². The van der Waals surface area contributed by atoms with E-state index in [1.807, 2.05) is 56.3 Å². The van der Waals surface area contributed by atoms with E-state index in [0.717, 1.165) is 11.3 Å². The molecule has 6 heteroatoms. The predicted molar refractivity (Wildman–Crippen MR) is 117 cm³/mol. The van der Waals surface area contributed by atoms with Crippen LogP contribution in [-0.2, 0) is 21.9 Å². The Bertz CT molecular complexity index is 753. The molecule has 0 saturated heterocycles. The number of rotatable bonds is 10. The molecule has 2 amide bonds. The third-order valence-corrected chi connectivity index (χ3v) is 5.58. The summed E-state index contributed by atoms with van der Waals surface area (Å²) in [6.07, 6.45) is 0.564. The van der Waals surface area contributed by atoms with Gasteiger partial charge in [-0.1, -0.05) is 61.0 Å². The molecule has 150 valence electrons. The van der Waals surface area contributed by atoms with Crippen LogP contribution < -0.4 is 5.32 Å². The average Bonchev–Trinajstić information content (AvgIpc) is 2.70. The zero-order chi connectivity index (χ0) is 20.4. The van der Waals surface area contributed by atoms with E-state index in [1.54, 1.807) is 28.8 Å². The van der Waals surface area contributed by atoms with Gasteiger partial charge >= 0.3 is 0 Å². The molecule has 4 nitrogen and oxygen atoms in total. The van der Waals surface area contributed by atoms with Crippen LogP contribution in [0, 0.1) is 0 Å². The molecule has 0 bridgehead atoms. The summed E-state index contributed by atoms with van der Waals surface area (Å²) in [5.74, 6) is 0.951. The summed E-state index contributed by atoms with van der Waals surface area (Å²) >= 11 is 7.54. The summed E-state index contributed by atoms with van der Waals surface area (Å²) in [6.45, 7) is 4.74. The first-order chi connectivity index (χ1) is 13.5. The van der Waals surface area contributed by atoms with Gasteiger partial charge in [0.1, 0.15) is 6.04 Å². The molecule has 0 radical (unpaired) electrons. The zero-order valence-electron chi connectivity index (χ0n) is 16.4. The number of nitrogens with one attached hydrogen (secondary N) is 1. The molecular formula is C22H27ClN2O2S. The second-order valence-corrected chi connectivity index (χ2v) is 7.87. The van der Waals surface area contributed by atoms with Gasteiger partial charge in [-0.2, -0.15) is 0 Å². The number of nitrogens with zero attached hydrogens (tertiary/aromatic N) is 1. The maximum Gasteiger partial charge on any atom is 0.242 e. The third kappa shape index (κ3) is 6.88. The highest BCUT2D eigenvalue weighted by Crippen LogP contribution is 2.18. The van der Waals surface area contributed by atoms with Gasteiger partial charge in [0, 0.05) is 23.9 Å². The van der Waals surface area contributed by atoms with E-state index in [4.69, 9.17) is 11.6 Å². The second-order valence-electron chi connectivity index (χ2n) is 6.45. The number of benzene rings is 2. The Labute approximate surface area is 176 Å². The van der Waals surface area contributed by atoms with Gasteiger partial charge in [0.05, 0.1) is 5.75 Å². The average molecular weight is 419 g/mol. The van der Waals surface area contributed by atoms with Crippen molar-refractivity contribution in [3.63, 3.8) is 0 Å². The summed E-state index contributed by atoms with van der Waals surface area (Å²) < 4.78 is 0. The predicted octanol–water partition coefficient (Wildman–Crippen LogP) is 4.52. The van der Waals surface area contributed by atoms with E-state index < -0.39 is 6.04 Å². The molecule has 0 aliphatic heterocycles. The van der Waals surface area contributed by atoms with Crippen LogP contribution in [0.1, 0.15) is 31.4 Å². The first-order valence-electron chi connectivity index (χ1n) is 9.48. The van der Waals surface area contributed by atoms with E-state index in [-0.39, 0.29) is 11.8 Å². The van der Waals surface area contributed by atoms with Crippen molar-refractivity contribution in [2.75, 3.05) is 12.3 Å². The minimum absolute atomic E-state index is 0.0333. The molecule has 0 aromatic heterocycles. The molecule has 0 unspecified atom stereocenters. The number of amides is 2. The molecule has 0 heterocycles. The number of likely N-dealkylation sites (N-methyl/N-ethyl adjacent to an activating group) is 1. The highest BCUT2D eigenvalue weighted by atomic mass is 35.5. The first-order valence-corrected chi connectivity index (χ1v) is 11.0. The van der Waals surface area contributed by atoms with Gasteiger partial charge in [-0.3, -0.25) is 9.59 Å². The molecule has 28 heavy (non-hydrogen) atoms.